The molecule has 0 aliphatic carbocycles. The van der Waals surface area contributed by atoms with Gasteiger partial charge in [-0.1, -0.05) is 12.1 Å². The topological polar surface area (TPSA) is 32.3 Å². The van der Waals surface area contributed by atoms with Crippen molar-refractivity contribution in [2.24, 2.45) is 0 Å². The Labute approximate surface area is 119 Å². The van der Waals surface area contributed by atoms with Gasteiger partial charge in [-0.05, 0) is 36.7 Å². The monoisotopic (exact) mass is 415 g/mol. The van der Waals surface area contributed by atoms with Gasteiger partial charge in [0.05, 0.1) is 0 Å². The Bertz CT molecular complexity index is 468. The van der Waals surface area contributed by atoms with E-state index in [9.17, 15) is 0 Å². The Morgan fingerprint density at radius 1 is 0.778 bits per heavy atom. The summed E-state index contributed by atoms with van der Waals surface area (Å²) in [5.41, 5.74) is 0. The molecular weight excluding hydrogens is 402 g/mol. The van der Waals surface area contributed by atoms with E-state index < -0.39 is 0 Å². The van der Waals surface area contributed by atoms with E-state index >= 15 is 0 Å². The van der Waals surface area contributed by atoms with E-state index in [2.05, 4.69) is 9.97 Å². The van der Waals surface area contributed by atoms with E-state index in [-0.39, 0.29) is 19.8 Å². The van der Waals surface area contributed by atoms with Crippen LogP contribution >= 0.6 is 0 Å². The summed E-state index contributed by atoms with van der Waals surface area (Å²) >= 11 is 0. The standard InChI is InChI=1S/C13H11N4.Os/c1-3-7-14-12(5-1)16-9-10-17(11-16)13-6-2-4-8-15-13;/h1-11H;/q-1;+1. The van der Waals surface area contributed by atoms with Gasteiger partial charge in [-0.2, -0.15) is 0 Å². The summed E-state index contributed by atoms with van der Waals surface area (Å²) in [5.74, 6) is 1.78. The summed E-state index contributed by atoms with van der Waals surface area (Å²) in [5, 5.41) is 0. The predicted octanol–water partition coefficient (Wildman–Crippen LogP) is 2.39. The van der Waals surface area contributed by atoms with E-state index in [0.29, 0.717) is 0 Å². The molecule has 4 nitrogen and oxygen atoms in total. The molecule has 1 radical (unpaired) electrons. The number of anilines is 2. The molecule has 0 N–H and O–H groups in total. The molecule has 91 valence electrons. The van der Waals surface area contributed by atoms with Crippen molar-refractivity contribution in [3.63, 3.8) is 0 Å². The van der Waals surface area contributed by atoms with Crippen LogP contribution in [0.3, 0.4) is 0 Å². The molecule has 0 spiro atoms. The first-order valence-electron chi connectivity index (χ1n) is 5.35. The largest absolute Gasteiger partial charge is 1.00 e. The van der Waals surface area contributed by atoms with Gasteiger partial charge >= 0.3 is 19.8 Å². The van der Waals surface area contributed by atoms with Gasteiger partial charge in [-0.3, -0.25) is 0 Å². The van der Waals surface area contributed by atoms with Gasteiger partial charge in [0.2, 0.25) is 0 Å². The summed E-state index contributed by atoms with van der Waals surface area (Å²) in [6.07, 6.45) is 7.47. The maximum atomic E-state index is 4.29. The molecule has 0 fully saturated rings. The van der Waals surface area contributed by atoms with E-state index in [1.54, 1.807) is 12.4 Å². The fourth-order valence-corrected chi connectivity index (χ4v) is 1.64. The zero-order chi connectivity index (χ0) is 11.5. The Kier molecular flexibility index (Phi) is 4.06. The molecule has 3 rings (SSSR count). The van der Waals surface area contributed by atoms with E-state index in [0.717, 1.165) is 11.6 Å². The second-order valence-electron chi connectivity index (χ2n) is 3.60. The third-order valence-electron chi connectivity index (χ3n) is 2.46. The fraction of sp³-hybridized carbons (Fsp3) is 0. The normalized spacial score (nSPS) is 13.6. The van der Waals surface area contributed by atoms with Crippen molar-refractivity contribution in [2.45, 2.75) is 0 Å². The van der Waals surface area contributed by atoms with Crippen molar-refractivity contribution in [2.75, 3.05) is 9.80 Å². The summed E-state index contributed by atoms with van der Waals surface area (Å²) < 4.78 is 0. The second-order valence-corrected chi connectivity index (χ2v) is 3.60. The maximum Gasteiger partial charge on any atom is 1.00 e. The van der Waals surface area contributed by atoms with Gasteiger partial charge in [0.25, 0.3) is 0 Å². The Hall–Kier alpha value is -1.72. The molecule has 1 aliphatic rings. The molecule has 0 amide bonds. The average molecular weight is 413 g/mol. The molecule has 2 aromatic rings. The molecule has 18 heavy (non-hydrogen) atoms. The Balaban J connectivity index is 0.00000120. The molecule has 0 unspecified atom stereocenters. The van der Waals surface area contributed by atoms with Crippen LogP contribution in [0.4, 0.5) is 11.6 Å². The summed E-state index contributed by atoms with van der Waals surface area (Å²) in [6, 6.07) is 11.7. The van der Waals surface area contributed by atoms with Gasteiger partial charge in [-0.25, -0.2) is 9.97 Å². The average Bonchev–Trinajstić information content (AvgIpc) is 2.90. The van der Waals surface area contributed by atoms with Crippen molar-refractivity contribution in [3.8, 4) is 0 Å². The first-order chi connectivity index (χ1) is 8.43. The maximum absolute atomic E-state index is 4.29. The molecule has 0 aromatic carbocycles. The van der Waals surface area contributed by atoms with Crippen LogP contribution in [-0.4, -0.2) is 9.97 Å². The van der Waals surface area contributed by atoms with Gasteiger partial charge in [0, 0.05) is 12.4 Å². The summed E-state index contributed by atoms with van der Waals surface area (Å²) in [6.45, 7) is 1.95. The van der Waals surface area contributed by atoms with Crippen LogP contribution in [0.1, 0.15) is 0 Å². The van der Waals surface area contributed by atoms with Crippen molar-refractivity contribution in [3.05, 3.63) is 67.9 Å². The number of nitrogens with zero attached hydrogens (tertiary/aromatic N) is 4. The molecule has 0 bridgehead atoms. The SMILES string of the molecule is C1=CN(c2ccccn2)[CH-]N1c1ccccn1.[Os+]. The number of hydrogen-bond acceptors (Lipinski definition) is 4. The smallest absolute Gasteiger partial charge is 0.464 e. The summed E-state index contributed by atoms with van der Waals surface area (Å²) in [4.78, 5) is 12.5. The van der Waals surface area contributed by atoms with Crippen molar-refractivity contribution in [1.29, 1.82) is 0 Å². The minimum absolute atomic E-state index is 0. The van der Waals surface area contributed by atoms with Crippen LogP contribution in [0.5, 0.6) is 0 Å². The van der Waals surface area contributed by atoms with Gasteiger partial charge in [-0.15, -0.1) is 6.67 Å². The van der Waals surface area contributed by atoms with Crippen molar-refractivity contribution >= 4 is 11.6 Å². The molecular formula is C13H11N4Os. The zero-order valence-corrected chi connectivity index (χ0v) is 12.0. The van der Waals surface area contributed by atoms with Gasteiger partial charge < -0.3 is 9.80 Å². The number of pyridine rings is 2. The van der Waals surface area contributed by atoms with E-state index in [4.69, 9.17) is 0 Å². The quantitative estimate of drug-likeness (QED) is 0.708. The number of rotatable bonds is 2. The zero-order valence-electron chi connectivity index (χ0n) is 9.49. The minimum Gasteiger partial charge on any atom is -0.464 e. The van der Waals surface area contributed by atoms with Crippen LogP contribution in [0, 0.1) is 6.67 Å². The van der Waals surface area contributed by atoms with Gasteiger partial charge in [0.1, 0.15) is 11.6 Å². The second kappa shape index (κ2) is 5.75. The number of hydrogen-bond donors (Lipinski definition) is 0. The predicted molar refractivity (Wildman–Crippen MR) is 66.9 cm³/mol. The van der Waals surface area contributed by atoms with E-state index in [1.807, 2.05) is 65.3 Å². The molecule has 0 saturated carbocycles. The first-order valence-corrected chi connectivity index (χ1v) is 5.35. The van der Waals surface area contributed by atoms with Crippen molar-refractivity contribution < 1.29 is 19.8 Å². The molecule has 5 heteroatoms. The van der Waals surface area contributed by atoms with Crippen LogP contribution in [-0.2, 0) is 19.8 Å². The first kappa shape index (κ1) is 12.7. The number of aromatic nitrogens is 2. The summed E-state index contributed by atoms with van der Waals surface area (Å²) in [7, 11) is 0. The molecule has 0 saturated heterocycles. The third kappa shape index (κ3) is 2.57. The van der Waals surface area contributed by atoms with E-state index in [1.165, 1.54) is 0 Å². The van der Waals surface area contributed by atoms with Crippen LogP contribution in [0.2, 0.25) is 0 Å². The minimum atomic E-state index is 0. The third-order valence-corrected chi connectivity index (χ3v) is 2.46. The van der Waals surface area contributed by atoms with Crippen LogP contribution < -0.4 is 9.80 Å². The molecule has 3 heterocycles. The van der Waals surface area contributed by atoms with Crippen molar-refractivity contribution in [1.82, 2.24) is 9.97 Å². The van der Waals surface area contributed by atoms with Crippen LogP contribution in [0.25, 0.3) is 0 Å². The fourth-order valence-electron chi connectivity index (χ4n) is 1.64. The molecule has 0 atom stereocenters. The molecule has 2 aromatic heterocycles. The van der Waals surface area contributed by atoms with Crippen LogP contribution in [0.15, 0.2) is 61.2 Å². The van der Waals surface area contributed by atoms with Gasteiger partial charge in [0.15, 0.2) is 0 Å². The molecule has 1 aliphatic heterocycles. The Morgan fingerprint density at radius 2 is 1.28 bits per heavy atom. The Morgan fingerprint density at radius 3 is 1.67 bits per heavy atom.